The maximum atomic E-state index is 11.8. The summed E-state index contributed by atoms with van der Waals surface area (Å²) in [6.45, 7) is 2.09. The number of aryl methyl sites for hydroxylation is 1. The lowest BCUT2D eigenvalue weighted by Crippen LogP contribution is -2.29. The van der Waals surface area contributed by atoms with E-state index in [-0.39, 0.29) is 12.3 Å². The molecule has 5 nitrogen and oxygen atoms in total. The predicted molar refractivity (Wildman–Crippen MR) is 63.6 cm³/mol. The molecular weight excluding hydrogens is 242 g/mol. The Kier molecular flexibility index (Phi) is 3.02. The monoisotopic (exact) mass is 253 g/mol. The predicted octanol–water partition coefficient (Wildman–Crippen LogP) is 0.882. The van der Waals surface area contributed by atoms with Gasteiger partial charge in [-0.05, 0) is 13.0 Å². The lowest BCUT2D eigenvalue weighted by Gasteiger charge is -2.18. The van der Waals surface area contributed by atoms with E-state index in [2.05, 4.69) is 4.98 Å². The van der Waals surface area contributed by atoms with Gasteiger partial charge in [0.2, 0.25) is 11.8 Å². The molecular formula is C11H12ClN3O2. The van der Waals surface area contributed by atoms with Crippen LogP contribution in [0.4, 0.5) is 5.69 Å². The number of amides is 2. The molecule has 0 saturated carbocycles. The molecule has 0 bridgehead atoms. The normalized spacial score (nSPS) is 19.8. The summed E-state index contributed by atoms with van der Waals surface area (Å²) in [5, 5.41) is 0.459. The van der Waals surface area contributed by atoms with E-state index in [9.17, 15) is 9.59 Å². The van der Waals surface area contributed by atoms with Crippen molar-refractivity contribution in [3.63, 3.8) is 0 Å². The fraction of sp³-hybridized carbons (Fsp3) is 0.364. The second-order valence-corrected chi connectivity index (χ2v) is 4.50. The standard InChI is InChI=1S/C11H12ClN3O2/c1-6-9(3-8(12)4-14-6)15-5-7(11(13)17)2-10(15)16/h3-4,7H,2,5H2,1H3,(H2,13,17). The molecule has 1 fully saturated rings. The Morgan fingerprint density at radius 1 is 1.65 bits per heavy atom. The first kappa shape index (κ1) is 11.9. The first-order valence-corrected chi connectivity index (χ1v) is 5.58. The number of pyridine rings is 1. The summed E-state index contributed by atoms with van der Waals surface area (Å²) >= 11 is 5.85. The summed E-state index contributed by atoms with van der Waals surface area (Å²) in [6.07, 6.45) is 1.67. The number of nitrogens with two attached hydrogens (primary N) is 1. The molecule has 1 aliphatic heterocycles. The number of nitrogens with zero attached hydrogens (tertiary/aromatic N) is 2. The SMILES string of the molecule is Cc1ncc(Cl)cc1N1CC(C(N)=O)CC1=O. The molecule has 2 rings (SSSR count). The molecule has 1 unspecified atom stereocenters. The summed E-state index contributed by atoms with van der Waals surface area (Å²) in [4.78, 5) is 28.5. The third kappa shape index (κ3) is 2.24. The number of carbonyl (C=O) groups is 2. The van der Waals surface area contributed by atoms with E-state index in [0.717, 1.165) is 0 Å². The van der Waals surface area contributed by atoms with Crippen molar-refractivity contribution in [1.82, 2.24) is 4.98 Å². The van der Waals surface area contributed by atoms with Crippen molar-refractivity contribution in [2.24, 2.45) is 11.7 Å². The van der Waals surface area contributed by atoms with E-state index in [4.69, 9.17) is 17.3 Å². The average molecular weight is 254 g/mol. The van der Waals surface area contributed by atoms with Gasteiger partial charge in [-0.2, -0.15) is 0 Å². The van der Waals surface area contributed by atoms with E-state index in [1.54, 1.807) is 13.0 Å². The lowest BCUT2D eigenvalue weighted by molar-refractivity contribution is -0.123. The summed E-state index contributed by atoms with van der Waals surface area (Å²) in [5.41, 5.74) is 6.56. The number of halogens is 1. The van der Waals surface area contributed by atoms with Crippen LogP contribution in [0.3, 0.4) is 0 Å². The Morgan fingerprint density at radius 2 is 2.35 bits per heavy atom. The van der Waals surface area contributed by atoms with Gasteiger partial charge in [0.1, 0.15) is 0 Å². The summed E-state index contributed by atoms with van der Waals surface area (Å²) in [5.74, 6) is -1.00. The maximum Gasteiger partial charge on any atom is 0.227 e. The number of hydrogen-bond acceptors (Lipinski definition) is 3. The van der Waals surface area contributed by atoms with Crippen molar-refractivity contribution >= 4 is 29.1 Å². The van der Waals surface area contributed by atoms with Gasteiger partial charge in [0.05, 0.1) is 22.3 Å². The van der Waals surface area contributed by atoms with Crippen molar-refractivity contribution in [3.05, 3.63) is 23.0 Å². The third-order valence-corrected chi connectivity index (χ3v) is 3.05. The first-order chi connectivity index (χ1) is 7.99. The van der Waals surface area contributed by atoms with Gasteiger partial charge in [-0.15, -0.1) is 0 Å². The quantitative estimate of drug-likeness (QED) is 0.850. The molecule has 17 heavy (non-hydrogen) atoms. The van der Waals surface area contributed by atoms with Gasteiger partial charge >= 0.3 is 0 Å². The minimum atomic E-state index is -0.450. The Labute approximate surface area is 104 Å². The average Bonchev–Trinajstić information content (AvgIpc) is 2.64. The van der Waals surface area contributed by atoms with Crippen molar-refractivity contribution in [2.75, 3.05) is 11.4 Å². The fourth-order valence-corrected chi connectivity index (χ4v) is 2.05. The zero-order valence-corrected chi connectivity index (χ0v) is 10.1. The van der Waals surface area contributed by atoms with E-state index in [1.807, 2.05) is 0 Å². The molecule has 1 saturated heterocycles. The largest absolute Gasteiger partial charge is 0.369 e. The van der Waals surface area contributed by atoms with Crippen LogP contribution in [0.25, 0.3) is 0 Å². The van der Waals surface area contributed by atoms with Crippen LogP contribution >= 0.6 is 11.6 Å². The minimum absolute atomic E-state index is 0.124. The van der Waals surface area contributed by atoms with Crippen LogP contribution < -0.4 is 10.6 Å². The van der Waals surface area contributed by atoms with E-state index >= 15 is 0 Å². The zero-order chi connectivity index (χ0) is 12.6. The van der Waals surface area contributed by atoms with Crippen molar-refractivity contribution in [3.8, 4) is 0 Å². The number of carbonyl (C=O) groups excluding carboxylic acids is 2. The third-order valence-electron chi connectivity index (χ3n) is 2.85. The molecule has 1 aromatic rings. The van der Waals surface area contributed by atoms with Crippen LogP contribution in [-0.2, 0) is 9.59 Å². The van der Waals surface area contributed by atoms with Crippen LogP contribution in [-0.4, -0.2) is 23.3 Å². The fourth-order valence-electron chi connectivity index (χ4n) is 1.90. The van der Waals surface area contributed by atoms with Gasteiger partial charge in [-0.1, -0.05) is 11.6 Å². The summed E-state index contributed by atoms with van der Waals surface area (Å²) in [7, 11) is 0. The topological polar surface area (TPSA) is 76.3 Å². The van der Waals surface area contributed by atoms with Gasteiger partial charge in [-0.3, -0.25) is 14.6 Å². The van der Waals surface area contributed by atoms with Crippen molar-refractivity contribution < 1.29 is 9.59 Å². The highest BCUT2D eigenvalue weighted by molar-refractivity contribution is 6.30. The number of aromatic nitrogens is 1. The summed E-state index contributed by atoms with van der Waals surface area (Å²) in [6, 6.07) is 1.67. The van der Waals surface area contributed by atoms with E-state index in [0.29, 0.717) is 22.9 Å². The Bertz CT molecular complexity index is 490. The number of anilines is 1. The van der Waals surface area contributed by atoms with Gasteiger partial charge < -0.3 is 10.6 Å². The second kappa shape index (κ2) is 4.33. The Balaban J connectivity index is 2.32. The molecule has 1 aromatic heterocycles. The van der Waals surface area contributed by atoms with E-state index in [1.165, 1.54) is 11.1 Å². The van der Waals surface area contributed by atoms with Crippen LogP contribution in [0.5, 0.6) is 0 Å². The molecule has 1 aliphatic rings. The van der Waals surface area contributed by atoms with Crippen molar-refractivity contribution in [2.45, 2.75) is 13.3 Å². The lowest BCUT2D eigenvalue weighted by atomic mass is 10.1. The van der Waals surface area contributed by atoms with Crippen LogP contribution in [0.15, 0.2) is 12.3 Å². The maximum absolute atomic E-state index is 11.8. The van der Waals surface area contributed by atoms with E-state index < -0.39 is 11.8 Å². The highest BCUT2D eigenvalue weighted by atomic mass is 35.5. The molecule has 2 heterocycles. The molecule has 0 aromatic carbocycles. The van der Waals surface area contributed by atoms with Crippen LogP contribution in [0.1, 0.15) is 12.1 Å². The minimum Gasteiger partial charge on any atom is -0.369 e. The molecule has 6 heteroatoms. The Hall–Kier alpha value is -1.62. The molecule has 2 amide bonds. The van der Waals surface area contributed by atoms with Gasteiger partial charge in [0.15, 0.2) is 0 Å². The molecule has 90 valence electrons. The molecule has 0 spiro atoms. The molecule has 1 atom stereocenters. The highest BCUT2D eigenvalue weighted by Gasteiger charge is 2.34. The number of rotatable bonds is 2. The molecule has 0 radical (unpaired) electrons. The summed E-state index contributed by atoms with van der Waals surface area (Å²) < 4.78 is 0. The number of hydrogen-bond donors (Lipinski definition) is 1. The molecule has 2 N–H and O–H groups in total. The van der Waals surface area contributed by atoms with Crippen molar-refractivity contribution in [1.29, 1.82) is 0 Å². The smallest absolute Gasteiger partial charge is 0.227 e. The van der Waals surface area contributed by atoms with Gasteiger partial charge in [0.25, 0.3) is 0 Å². The number of primary amides is 1. The van der Waals surface area contributed by atoms with Gasteiger partial charge in [0, 0.05) is 19.2 Å². The Morgan fingerprint density at radius 3 is 2.94 bits per heavy atom. The van der Waals surface area contributed by atoms with Gasteiger partial charge in [-0.25, -0.2) is 0 Å². The first-order valence-electron chi connectivity index (χ1n) is 5.21. The second-order valence-electron chi connectivity index (χ2n) is 4.07. The van der Waals surface area contributed by atoms with Crippen LogP contribution in [0, 0.1) is 12.8 Å². The highest BCUT2D eigenvalue weighted by Crippen LogP contribution is 2.28. The molecule has 0 aliphatic carbocycles. The zero-order valence-electron chi connectivity index (χ0n) is 9.31. The van der Waals surface area contributed by atoms with Crippen LogP contribution in [0.2, 0.25) is 5.02 Å².